The molecular formula is C11H23NO. The van der Waals surface area contributed by atoms with Crippen LogP contribution in [0.4, 0.5) is 0 Å². The molecule has 0 aromatic carbocycles. The number of hydrogen-bond donors (Lipinski definition) is 0. The minimum absolute atomic E-state index is 0.829. The highest BCUT2D eigenvalue weighted by molar-refractivity contribution is 4.80. The molecule has 2 nitrogen and oxygen atoms in total. The summed E-state index contributed by atoms with van der Waals surface area (Å²) in [7, 11) is 1.78. The highest BCUT2D eigenvalue weighted by atomic mass is 16.5. The maximum atomic E-state index is 5.12. The standard InChI is InChI=1S/C11H23NO/c1-4-12(7-8-13-3)11-6-5-10(2)9-11/h10-11H,4-9H2,1-3H3. The minimum Gasteiger partial charge on any atom is -0.383 e. The van der Waals surface area contributed by atoms with Crippen LogP contribution >= 0.6 is 0 Å². The second kappa shape index (κ2) is 5.61. The molecule has 1 rings (SSSR count). The van der Waals surface area contributed by atoms with Crippen molar-refractivity contribution in [2.24, 2.45) is 5.92 Å². The highest BCUT2D eigenvalue weighted by Gasteiger charge is 2.25. The molecule has 0 bridgehead atoms. The van der Waals surface area contributed by atoms with Crippen LogP contribution in [0.5, 0.6) is 0 Å². The third-order valence-electron chi connectivity index (χ3n) is 3.17. The Kier molecular flexibility index (Phi) is 4.74. The molecule has 0 aromatic heterocycles. The van der Waals surface area contributed by atoms with Gasteiger partial charge in [0.2, 0.25) is 0 Å². The zero-order chi connectivity index (χ0) is 9.68. The Morgan fingerprint density at radius 1 is 1.38 bits per heavy atom. The van der Waals surface area contributed by atoms with E-state index in [0.717, 1.165) is 25.1 Å². The van der Waals surface area contributed by atoms with Gasteiger partial charge in [0.05, 0.1) is 6.61 Å². The molecule has 2 atom stereocenters. The van der Waals surface area contributed by atoms with E-state index < -0.39 is 0 Å². The van der Waals surface area contributed by atoms with Crippen LogP contribution in [0.3, 0.4) is 0 Å². The maximum absolute atomic E-state index is 5.12. The molecular weight excluding hydrogens is 162 g/mol. The summed E-state index contributed by atoms with van der Waals surface area (Å²) in [5.74, 6) is 0.932. The van der Waals surface area contributed by atoms with Gasteiger partial charge in [0, 0.05) is 19.7 Å². The van der Waals surface area contributed by atoms with Gasteiger partial charge in [-0.15, -0.1) is 0 Å². The van der Waals surface area contributed by atoms with Gasteiger partial charge in [0.1, 0.15) is 0 Å². The summed E-state index contributed by atoms with van der Waals surface area (Å²) >= 11 is 0. The molecule has 2 unspecified atom stereocenters. The predicted molar refractivity (Wildman–Crippen MR) is 55.9 cm³/mol. The first-order chi connectivity index (χ1) is 6.27. The van der Waals surface area contributed by atoms with Crippen LogP contribution < -0.4 is 0 Å². The molecule has 1 fully saturated rings. The molecule has 0 N–H and O–H groups in total. The van der Waals surface area contributed by atoms with Crippen molar-refractivity contribution in [1.29, 1.82) is 0 Å². The topological polar surface area (TPSA) is 12.5 Å². The lowest BCUT2D eigenvalue weighted by atomic mass is 10.1. The van der Waals surface area contributed by atoms with Crippen molar-refractivity contribution in [1.82, 2.24) is 4.90 Å². The van der Waals surface area contributed by atoms with Gasteiger partial charge in [-0.3, -0.25) is 4.90 Å². The average Bonchev–Trinajstić information content (AvgIpc) is 2.54. The molecule has 0 heterocycles. The second-order valence-electron chi connectivity index (χ2n) is 4.19. The van der Waals surface area contributed by atoms with Gasteiger partial charge in [0.15, 0.2) is 0 Å². The van der Waals surface area contributed by atoms with Crippen molar-refractivity contribution in [3.63, 3.8) is 0 Å². The Labute approximate surface area is 82.3 Å². The van der Waals surface area contributed by atoms with Crippen LogP contribution in [0.15, 0.2) is 0 Å². The van der Waals surface area contributed by atoms with Crippen molar-refractivity contribution in [3.05, 3.63) is 0 Å². The minimum atomic E-state index is 0.829. The van der Waals surface area contributed by atoms with Crippen molar-refractivity contribution in [3.8, 4) is 0 Å². The van der Waals surface area contributed by atoms with Crippen LogP contribution in [0.2, 0.25) is 0 Å². The van der Waals surface area contributed by atoms with E-state index in [2.05, 4.69) is 18.7 Å². The SMILES string of the molecule is CCN(CCOC)C1CCC(C)C1. The molecule has 2 heteroatoms. The summed E-state index contributed by atoms with van der Waals surface area (Å²) in [6.45, 7) is 7.76. The van der Waals surface area contributed by atoms with Gasteiger partial charge < -0.3 is 4.74 Å². The number of methoxy groups -OCH3 is 1. The smallest absolute Gasteiger partial charge is 0.0589 e. The number of rotatable bonds is 5. The van der Waals surface area contributed by atoms with Gasteiger partial charge in [-0.05, 0) is 31.7 Å². The fourth-order valence-corrected chi connectivity index (χ4v) is 2.32. The molecule has 0 amide bonds. The molecule has 0 saturated heterocycles. The summed E-state index contributed by atoms with van der Waals surface area (Å²) in [6.07, 6.45) is 4.18. The van der Waals surface area contributed by atoms with Crippen molar-refractivity contribution < 1.29 is 4.74 Å². The third kappa shape index (κ3) is 3.28. The first kappa shape index (κ1) is 11.0. The normalized spacial score (nSPS) is 28.6. The molecule has 0 radical (unpaired) electrons. The Bertz CT molecular complexity index is 138. The quantitative estimate of drug-likeness (QED) is 0.650. The third-order valence-corrected chi connectivity index (χ3v) is 3.17. The maximum Gasteiger partial charge on any atom is 0.0589 e. The fraction of sp³-hybridized carbons (Fsp3) is 1.00. The number of ether oxygens (including phenoxy) is 1. The van der Waals surface area contributed by atoms with Gasteiger partial charge in [0.25, 0.3) is 0 Å². The largest absolute Gasteiger partial charge is 0.383 e. The summed E-state index contributed by atoms with van der Waals surface area (Å²) in [4.78, 5) is 2.56. The van der Waals surface area contributed by atoms with Crippen LogP contribution in [-0.4, -0.2) is 37.7 Å². The molecule has 1 aliphatic rings. The summed E-state index contributed by atoms with van der Waals surface area (Å²) in [5, 5.41) is 0. The summed E-state index contributed by atoms with van der Waals surface area (Å²) in [5.41, 5.74) is 0. The highest BCUT2D eigenvalue weighted by Crippen LogP contribution is 2.28. The molecule has 13 heavy (non-hydrogen) atoms. The van der Waals surface area contributed by atoms with Crippen molar-refractivity contribution in [2.75, 3.05) is 26.8 Å². The molecule has 1 saturated carbocycles. The van der Waals surface area contributed by atoms with Crippen molar-refractivity contribution in [2.45, 2.75) is 39.2 Å². The lowest BCUT2D eigenvalue weighted by molar-refractivity contribution is 0.124. The van der Waals surface area contributed by atoms with E-state index in [1.165, 1.54) is 25.8 Å². The predicted octanol–water partition coefficient (Wildman–Crippen LogP) is 2.14. The molecule has 78 valence electrons. The van der Waals surface area contributed by atoms with Crippen LogP contribution in [-0.2, 0) is 4.74 Å². The van der Waals surface area contributed by atoms with Crippen LogP contribution in [0.1, 0.15) is 33.1 Å². The summed E-state index contributed by atoms with van der Waals surface area (Å²) in [6, 6.07) is 0.829. The molecule has 0 aromatic rings. The average molecular weight is 185 g/mol. The van der Waals surface area contributed by atoms with E-state index in [4.69, 9.17) is 4.74 Å². The van der Waals surface area contributed by atoms with Gasteiger partial charge in [-0.2, -0.15) is 0 Å². The van der Waals surface area contributed by atoms with Gasteiger partial charge in [-0.25, -0.2) is 0 Å². The Morgan fingerprint density at radius 2 is 2.15 bits per heavy atom. The van der Waals surface area contributed by atoms with Crippen LogP contribution in [0.25, 0.3) is 0 Å². The van der Waals surface area contributed by atoms with Crippen LogP contribution in [0, 0.1) is 5.92 Å². The Balaban J connectivity index is 2.29. The van der Waals surface area contributed by atoms with E-state index in [0.29, 0.717) is 0 Å². The Hall–Kier alpha value is -0.0800. The molecule has 0 aliphatic heterocycles. The van der Waals surface area contributed by atoms with E-state index in [1.807, 2.05) is 0 Å². The lowest BCUT2D eigenvalue weighted by Gasteiger charge is -2.27. The van der Waals surface area contributed by atoms with Gasteiger partial charge >= 0.3 is 0 Å². The van der Waals surface area contributed by atoms with Gasteiger partial charge in [-0.1, -0.05) is 13.8 Å². The second-order valence-corrected chi connectivity index (χ2v) is 4.19. The number of nitrogens with zero attached hydrogens (tertiary/aromatic N) is 1. The lowest BCUT2D eigenvalue weighted by Crippen LogP contribution is -2.35. The first-order valence-electron chi connectivity index (χ1n) is 5.51. The summed E-state index contributed by atoms with van der Waals surface area (Å²) < 4.78 is 5.12. The van der Waals surface area contributed by atoms with E-state index in [-0.39, 0.29) is 0 Å². The number of hydrogen-bond acceptors (Lipinski definition) is 2. The fourth-order valence-electron chi connectivity index (χ4n) is 2.32. The first-order valence-corrected chi connectivity index (χ1v) is 5.51. The van der Waals surface area contributed by atoms with E-state index >= 15 is 0 Å². The Morgan fingerprint density at radius 3 is 2.62 bits per heavy atom. The van der Waals surface area contributed by atoms with Crippen molar-refractivity contribution >= 4 is 0 Å². The molecule has 1 aliphatic carbocycles. The molecule has 0 spiro atoms. The van der Waals surface area contributed by atoms with E-state index in [9.17, 15) is 0 Å². The zero-order valence-corrected chi connectivity index (χ0v) is 9.25. The monoisotopic (exact) mass is 185 g/mol. The van der Waals surface area contributed by atoms with E-state index in [1.54, 1.807) is 7.11 Å². The number of likely N-dealkylation sites (N-methyl/N-ethyl adjacent to an activating group) is 1. The zero-order valence-electron chi connectivity index (χ0n) is 9.25.